The van der Waals surface area contributed by atoms with E-state index in [1.165, 1.54) is 4.90 Å². The van der Waals surface area contributed by atoms with Crippen LogP contribution in [0.3, 0.4) is 0 Å². The number of hydrogen-bond acceptors (Lipinski definition) is 5. The van der Waals surface area contributed by atoms with Crippen molar-refractivity contribution in [1.82, 2.24) is 19.7 Å². The van der Waals surface area contributed by atoms with Crippen LogP contribution in [0.4, 0.5) is 26.3 Å². The van der Waals surface area contributed by atoms with Crippen molar-refractivity contribution in [2.45, 2.75) is 31.8 Å². The van der Waals surface area contributed by atoms with Crippen LogP contribution >= 0.6 is 0 Å². The number of aliphatic hydroxyl groups excluding tert-OH is 2. The van der Waals surface area contributed by atoms with Gasteiger partial charge >= 0.3 is 6.18 Å². The monoisotopic (exact) mass is 408 g/mol. The number of rotatable bonds is 4. The van der Waals surface area contributed by atoms with E-state index in [1.54, 1.807) is 0 Å². The molecule has 1 aliphatic rings. The van der Waals surface area contributed by atoms with Gasteiger partial charge in [-0.15, -0.1) is 10.2 Å². The van der Waals surface area contributed by atoms with E-state index in [9.17, 15) is 36.6 Å². The molecule has 1 aromatic carbocycles. The van der Waals surface area contributed by atoms with Crippen molar-refractivity contribution < 1.29 is 36.6 Å². The highest BCUT2D eigenvalue weighted by atomic mass is 19.4. The first kappa shape index (κ1) is 20.0. The van der Waals surface area contributed by atoms with Crippen LogP contribution in [0.15, 0.2) is 24.1 Å². The zero-order valence-corrected chi connectivity index (χ0v) is 14.1. The Kier molecular flexibility index (Phi) is 5.24. The Labute approximate surface area is 154 Å². The minimum atomic E-state index is -4.66. The van der Waals surface area contributed by atoms with Crippen molar-refractivity contribution in [1.29, 1.82) is 0 Å². The van der Waals surface area contributed by atoms with E-state index >= 15 is 0 Å². The minimum absolute atomic E-state index is 0.0251. The van der Waals surface area contributed by atoms with Gasteiger partial charge in [0.15, 0.2) is 23.3 Å². The molecule has 12 heteroatoms. The molecule has 6 nitrogen and oxygen atoms in total. The van der Waals surface area contributed by atoms with Crippen LogP contribution < -0.4 is 0 Å². The number of halogens is 6. The highest BCUT2D eigenvalue weighted by molar-refractivity contribution is 5.22. The third-order valence-electron chi connectivity index (χ3n) is 4.19. The Balaban J connectivity index is 1.70. The molecule has 2 heterocycles. The van der Waals surface area contributed by atoms with E-state index < -0.39 is 47.9 Å². The molecule has 1 aromatic heterocycles. The molecule has 1 aliphatic heterocycles. The van der Waals surface area contributed by atoms with Crippen molar-refractivity contribution in [3.63, 3.8) is 0 Å². The molecule has 0 bridgehead atoms. The van der Waals surface area contributed by atoms with Gasteiger partial charge in [-0.25, -0.2) is 13.2 Å². The highest BCUT2D eigenvalue weighted by Crippen LogP contribution is 2.29. The normalized spacial score (nSPS) is 16.2. The van der Waals surface area contributed by atoms with Crippen LogP contribution in [0.5, 0.6) is 0 Å². The number of nitrogens with zero attached hydrogens (tertiary/aromatic N) is 4. The largest absolute Gasteiger partial charge is 0.495 e. The Bertz CT molecular complexity index is 911. The number of aliphatic hydroxyl groups is 2. The predicted octanol–water partition coefficient (Wildman–Crippen LogP) is 2.53. The summed E-state index contributed by atoms with van der Waals surface area (Å²) in [6.07, 6.45) is -5.63. The minimum Gasteiger partial charge on any atom is -0.495 e. The lowest BCUT2D eigenvalue weighted by molar-refractivity contribution is -0.148. The summed E-state index contributed by atoms with van der Waals surface area (Å²) < 4.78 is 79.1. The molecular weight excluding hydrogens is 394 g/mol. The molecule has 1 atom stereocenters. The maximum Gasteiger partial charge on any atom is 0.451 e. The van der Waals surface area contributed by atoms with Crippen LogP contribution in [-0.4, -0.2) is 42.5 Å². The summed E-state index contributed by atoms with van der Waals surface area (Å²) in [5.74, 6) is -5.36. The first-order chi connectivity index (χ1) is 13.1. The van der Waals surface area contributed by atoms with E-state index in [4.69, 9.17) is 0 Å². The van der Waals surface area contributed by atoms with Crippen molar-refractivity contribution in [2.75, 3.05) is 6.54 Å². The van der Waals surface area contributed by atoms with Crippen LogP contribution in [-0.2, 0) is 25.7 Å². The maximum atomic E-state index is 13.6. The molecule has 28 heavy (non-hydrogen) atoms. The summed E-state index contributed by atoms with van der Waals surface area (Å²) in [4.78, 5) is 1.25. The van der Waals surface area contributed by atoms with Gasteiger partial charge in [-0.3, -0.25) is 0 Å². The summed E-state index contributed by atoms with van der Waals surface area (Å²) in [5.41, 5.74) is -0.302. The second-order valence-corrected chi connectivity index (χ2v) is 6.16. The summed E-state index contributed by atoms with van der Waals surface area (Å²) in [6, 6.07) is 0.942. The summed E-state index contributed by atoms with van der Waals surface area (Å²) >= 11 is 0. The number of fused-ring (bicyclic) bond motifs is 1. The fraction of sp³-hybridized carbons (Fsp3) is 0.375. The highest BCUT2D eigenvalue weighted by Gasteiger charge is 2.39. The second-order valence-electron chi connectivity index (χ2n) is 6.16. The average molecular weight is 408 g/mol. The van der Waals surface area contributed by atoms with Gasteiger partial charge in [0, 0.05) is 31.7 Å². The molecule has 1 unspecified atom stereocenters. The number of hydrogen-bond donors (Lipinski definition) is 2. The number of benzene rings is 1. The SMILES string of the molecule is O/C(=C\C(O)Cc1cc(F)c(F)cc1F)N1CCn2c(nnc2C(F)(F)F)C1. The zero-order valence-electron chi connectivity index (χ0n) is 14.1. The van der Waals surface area contributed by atoms with E-state index in [-0.39, 0.29) is 31.0 Å². The molecule has 0 fully saturated rings. The Hall–Kier alpha value is -2.76. The maximum absolute atomic E-state index is 13.6. The third kappa shape index (κ3) is 4.06. The topological polar surface area (TPSA) is 74.4 Å². The van der Waals surface area contributed by atoms with Gasteiger partial charge in [0.2, 0.25) is 5.82 Å². The first-order valence-corrected chi connectivity index (χ1v) is 8.02. The van der Waals surface area contributed by atoms with Crippen molar-refractivity contribution in [3.8, 4) is 0 Å². The van der Waals surface area contributed by atoms with E-state index in [0.29, 0.717) is 12.1 Å². The summed E-state index contributed by atoms with van der Waals surface area (Å²) in [6.45, 7) is -0.372. The molecule has 0 saturated heterocycles. The van der Waals surface area contributed by atoms with Gasteiger partial charge in [-0.2, -0.15) is 13.2 Å². The Morgan fingerprint density at radius 1 is 1.11 bits per heavy atom. The van der Waals surface area contributed by atoms with Crippen molar-refractivity contribution >= 4 is 0 Å². The second kappa shape index (κ2) is 7.34. The molecule has 0 radical (unpaired) electrons. The van der Waals surface area contributed by atoms with Crippen LogP contribution in [0.2, 0.25) is 0 Å². The van der Waals surface area contributed by atoms with Gasteiger partial charge in [-0.05, 0) is 11.6 Å². The lowest BCUT2D eigenvalue weighted by Gasteiger charge is -2.29. The molecule has 3 rings (SSSR count). The van der Waals surface area contributed by atoms with Crippen molar-refractivity contribution in [3.05, 3.63) is 58.8 Å². The first-order valence-electron chi connectivity index (χ1n) is 8.02. The smallest absolute Gasteiger partial charge is 0.451 e. The molecular formula is C16H14F6N4O2. The van der Waals surface area contributed by atoms with Crippen LogP contribution in [0.25, 0.3) is 0 Å². The summed E-state index contributed by atoms with van der Waals surface area (Å²) in [5, 5.41) is 26.6. The van der Waals surface area contributed by atoms with E-state index in [0.717, 1.165) is 10.6 Å². The molecule has 0 amide bonds. The molecule has 2 N–H and O–H groups in total. The van der Waals surface area contributed by atoms with E-state index in [2.05, 4.69) is 10.2 Å². The average Bonchev–Trinajstić information content (AvgIpc) is 3.03. The summed E-state index contributed by atoms with van der Waals surface area (Å²) in [7, 11) is 0. The van der Waals surface area contributed by atoms with Gasteiger partial charge in [-0.1, -0.05) is 0 Å². The molecule has 0 spiro atoms. The number of aromatic nitrogens is 3. The zero-order chi connectivity index (χ0) is 20.6. The van der Waals surface area contributed by atoms with Gasteiger partial charge < -0.3 is 19.7 Å². The predicted molar refractivity (Wildman–Crippen MR) is 82.2 cm³/mol. The van der Waals surface area contributed by atoms with Gasteiger partial charge in [0.1, 0.15) is 5.82 Å². The quantitative estimate of drug-likeness (QED) is 0.462. The molecule has 0 saturated carbocycles. The van der Waals surface area contributed by atoms with Gasteiger partial charge in [0.05, 0.1) is 12.6 Å². The number of alkyl halides is 3. The van der Waals surface area contributed by atoms with Crippen LogP contribution in [0, 0.1) is 17.5 Å². The Morgan fingerprint density at radius 2 is 1.79 bits per heavy atom. The van der Waals surface area contributed by atoms with Gasteiger partial charge in [0.25, 0.3) is 0 Å². The molecule has 2 aromatic rings. The molecule has 0 aliphatic carbocycles. The lowest BCUT2D eigenvalue weighted by atomic mass is 10.1. The fourth-order valence-electron chi connectivity index (χ4n) is 2.84. The third-order valence-corrected chi connectivity index (χ3v) is 4.19. The lowest BCUT2D eigenvalue weighted by Crippen LogP contribution is -2.35. The molecule has 152 valence electrons. The Morgan fingerprint density at radius 3 is 2.46 bits per heavy atom. The fourth-order valence-corrected chi connectivity index (χ4v) is 2.84. The standard InChI is InChI=1S/C16H14F6N4O2/c17-10-6-12(19)11(18)4-8(10)3-9(27)5-14(28)25-1-2-26-13(7-25)23-24-15(26)16(20,21)22/h4-6,9,27-28H,1-3,7H2/b14-5-. The van der Waals surface area contributed by atoms with E-state index in [1.807, 2.05) is 0 Å². The van der Waals surface area contributed by atoms with Crippen molar-refractivity contribution in [2.24, 2.45) is 0 Å². The van der Waals surface area contributed by atoms with Crippen LogP contribution in [0.1, 0.15) is 17.2 Å².